The van der Waals surface area contributed by atoms with E-state index in [1.54, 1.807) is 56.3 Å². The first-order valence-corrected chi connectivity index (χ1v) is 18.0. The molecule has 0 aliphatic carbocycles. The van der Waals surface area contributed by atoms with Crippen LogP contribution in [0.4, 0.5) is 0 Å². The van der Waals surface area contributed by atoms with Gasteiger partial charge >= 0.3 is 17.9 Å². The molecule has 0 saturated carbocycles. The van der Waals surface area contributed by atoms with Crippen LogP contribution in [0.2, 0.25) is 5.02 Å². The van der Waals surface area contributed by atoms with Gasteiger partial charge in [0.15, 0.2) is 6.10 Å². The fourth-order valence-corrected chi connectivity index (χ4v) is 5.79. The van der Waals surface area contributed by atoms with Crippen molar-refractivity contribution >= 4 is 41.3 Å². The summed E-state index contributed by atoms with van der Waals surface area (Å²) in [6.07, 6.45) is -0.112. The maximum absolute atomic E-state index is 13.6. The quantitative estimate of drug-likeness (QED) is 0.181. The first kappa shape index (κ1) is 42.9. The molecule has 0 fully saturated rings. The maximum Gasteiger partial charge on any atom is 0.347 e. The van der Waals surface area contributed by atoms with E-state index < -0.39 is 65.4 Å². The van der Waals surface area contributed by atoms with Gasteiger partial charge in [-0.3, -0.25) is 19.2 Å². The van der Waals surface area contributed by atoms with Gasteiger partial charge in [-0.15, -0.1) is 0 Å². The number of benzene rings is 2. The smallest absolute Gasteiger partial charge is 0.347 e. The van der Waals surface area contributed by atoms with Crippen LogP contribution in [0.15, 0.2) is 54.6 Å². The lowest BCUT2D eigenvalue weighted by Crippen LogP contribution is -2.51. The lowest BCUT2D eigenvalue weighted by molar-refractivity contribution is -0.178. The van der Waals surface area contributed by atoms with Crippen LogP contribution >= 0.6 is 11.6 Å². The minimum atomic E-state index is -1.26. The van der Waals surface area contributed by atoms with E-state index in [4.69, 9.17) is 36.3 Å². The van der Waals surface area contributed by atoms with E-state index in [1.807, 2.05) is 20.8 Å². The molecule has 5 N–H and O–H groups in total. The summed E-state index contributed by atoms with van der Waals surface area (Å²) in [5.41, 5.74) is 6.23. The van der Waals surface area contributed by atoms with E-state index in [0.717, 1.165) is 11.1 Å². The van der Waals surface area contributed by atoms with Gasteiger partial charge < -0.3 is 40.4 Å². The fraction of sp³-hybridized carbons (Fsp3) is 0.513. The molecule has 2 aromatic carbocycles. The van der Waals surface area contributed by atoms with Crippen molar-refractivity contribution in [3.63, 3.8) is 0 Å². The van der Waals surface area contributed by atoms with E-state index >= 15 is 0 Å². The molecule has 290 valence electrons. The zero-order valence-electron chi connectivity index (χ0n) is 31.2. The van der Waals surface area contributed by atoms with Crippen molar-refractivity contribution in [3.8, 4) is 5.75 Å². The Kier molecular flexibility index (Phi) is 16.3. The second-order valence-corrected chi connectivity index (χ2v) is 14.7. The third kappa shape index (κ3) is 13.5. The van der Waals surface area contributed by atoms with E-state index in [2.05, 4.69) is 10.6 Å². The van der Waals surface area contributed by atoms with Gasteiger partial charge in [0.1, 0.15) is 24.5 Å². The first-order chi connectivity index (χ1) is 25.0. The number of esters is 3. The molecule has 2 amide bonds. The Labute approximate surface area is 315 Å². The number of carbonyl (C=O) groups excluding carboxylic acids is 5. The van der Waals surface area contributed by atoms with Crippen molar-refractivity contribution in [1.82, 2.24) is 10.6 Å². The molecule has 1 heterocycles. The van der Waals surface area contributed by atoms with Crippen LogP contribution in [0.3, 0.4) is 0 Å². The van der Waals surface area contributed by atoms with Crippen molar-refractivity contribution in [2.75, 3.05) is 20.2 Å². The fourth-order valence-electron chi connectivity index (χ4n) is 5.51. The van der Waals surface area contributed by atoms with Crippen LogP contribution in [0.25, 0.3) is 0 Å². The average Bonchev–Trinajstić information content (AvgIpc) is 3.11. The summed E-state index contributed by atoms with van der Waals surface area (Å²) < 4.78 is 21.9. The van der Waals surface area contributed by atoms with Gasteiger partial charge in [-0.1, -0.05) is 68.8 Å². The number of aliphatic hydroxyl groups is 1. The first-order valence-electron chi connectivity index (χ1n) is 17.6. The summed E-state index contributed by atoms with van der Waals surface area (Å²) in [4.78, 5) is 65.1. The Morgan fingerprint density at radius 3 is 2.34 bits per heavy atom. The minimum absolute atomic E-state index is 0.00811. The topological polar surface area (TPSA) is 193 Å². The number of ether oxygens (including phenoxy) is 4. The zero-order valence-corrected chi connectivity index (χ0v) is 31.9. The van der Waals surface area contributed by atoms with Gasteiger partial charge in [0.2, 0.25) is 11.8 Å². The summed E-state index contributed by atoms with van der Waals surface area (Å²) in [5, 5.41) is 17.1. The number of rotatable bonds is 12. The lowest BCUT2D eigenvalue weighted by Gasteiger charge is -2.29. The van der Waals surface area contributed by atoms with Crippen molar-refractivity contribution < 1.29 is 48.0 Å². The monoisotopic (exact) mass is 757 g/mol. The van der Waals surface area contributed by atoms with E-state index in [9.17, 15) is 29.1 Å². The molecule has 1 aliphatic heterocycles. The number of nitrogens with one attached hydrogen (secondary N) is 2. The number of nitrogens with two attached hydrogens (primary N) is 1. The van der Waals surface area contributed by atoms with Crippen molar-refractivity contribution in [1.29, 1.82) is 0 Å². The number of halogens is 1. The Morgan fingerprint density at radius 1 is 1.04 bits per heavy atom. The molecule has 2 aromatic rings. The van der Waals surface area contributed by atoms with Gasteiger partial charge in [-0.05, 0) is 61.1 Å². The van der Waals surface area contributed by atoms with Gasteiger partial charge in [-0.2, -0.15) is 0 Å². The molecule has 0 spiro atoms. The Balaban J connectivity index is 1.88. The van der Waals surface area contributed by atoms with Crippen molar-refractivity contribution in [3.05, 3.63) is 76.3 Å². The number of hydrogen-bond donors (Lipinski definition) is 4. The molecule has 0 unspecified atom stereocenters. The summed E-state index contributed by atoms with van der Waals surface area (Å²) in [7, 11) is 1.49. The summed E-state index contributed by atoms with van der Waals surface area (Å²) in [5.74, 6) is -3.14. The highest BCUT2D eigenvalue weighted by molar-refractivity contribution is 6.32. The summed E-state index contributed by atoms with van der Waals surface area (Å²) >= 11 is 6.32. The molecule has 5 atom stereocenters. The SMILES string of the molecule is COc1ccc(C[C@H]2NC(=O)/C=C/C[C@@H](C[C@@H](O)[C@@H](C)c3ccc(COC(=O)CN)cc3)OC(=O)[C@H](CC(C)C)OC(=O)C(C)(C)CNC2=O)cc1Cl. The molecular weight excluding hydrogens is 706 g/mol. The largest absolute Gasteiger partial charge is 0.495 e. The molecule has 0 bridgehead atoms. The summed E-state index contributed by atoms with van der Waals surface area (Å²) in [6, 6.07) is 11.2. The third-order valence-corrected chi connectivity index (χ3v) is 9.14. The Hall–Kier alpha value is -4.46. The maximum atomic E-state index is 13.6. The molecule has 14 heteroatoms. The van der Waals surface area contributed by atoms with Crippen molar-refractivity contribution in [2.24, 2.45) is 17.1 Å². The standard InChI is InChI=1S/C39H52ClN3O10/c1-23(2)16-33-37(48)52-28(19-31(44)24(3)27-13-10-25(11-14-27)21-51-35(46)20-41)8-7-9-34(45)43-30(18-26-12-15-32(50-6)29(40)17-26)36(47)42-22-39(4,5)38(49)53-33/h7,9-15,17,23-24,28,30-31,33,44H,8,16,18-22,41H2,1-6H3,(H,42,47)(H,43,45)/b9-7+/t24-,28-,30+,31+,33-/m0/s1. The molecule has 0 aromatic heterocycles. The molecule has 3 rings (SSSR count). The second kappa shape index (κ2) is 20.1. The minimum Gasteiger partial charge on any atom is -0.495 e. The summed E-state index contributed by atoms with van der Waals surface area (Å²) in [6.45, 7) is 8.42. The van der Waals surface area contributed by atoms with E-state index in [-0.39, 0.29) is 51.3 Å². The molecule has 0 radical (unpaired) electrons. The van der Waals surface area contributed by atoms with Gasteiger partial charge in [-0.25, -0.2) is 4.79 Å². The second-order valence-electron chi connectivity index (χ2n) is 14.3. The van der Waals surface area contributed by atoms with Crippen LogP contribution in [-0.2, 0) is 51.2 Å². The predicted molar refractivity (Wildman–Crippen MR) is 198 cm³/mol. The number of amides is 2. The molecule has 53 heavy (non-hydrogen) atoms. The van der Waals surface area contributed by atoms with Crippen LogP contribution in [0, 0.1) is 11.3 Å². The molecule has 13 nitrogen and oxygen atoms in total. The van der Waals surface area contributed by atoms with E-state index in [1.165, 1.54) is 19.3 Å². The van der Waals surface area contributed by atoms with Crippen LogP contribution in [0.5, 0.6) is 5.75 Å². The number of methoxy groups -OCH3 is 1. The van der Waals surface area contributed by atoms with Gasteiger partial charge in [0.25, 0.3) is 0 Å². The normalized spacial score (nSPS) is 21.7. The molecule has 1 aliphatic rings. The average molecular weight is 758 g/mol. The van der Waals surface area contributed by atoms with Crippen molar-refractivity contribution in [2.45, 2.75) is 97.2 Å². The highest BCUT2D eigenvalue weighted by atomic mass is 35.5. The van der Waals surface area contributed by atoms with Crippen LogP contribution < -0.4 is 21.1 Å². The highest BCUT2D eigenvalue weighted by Crippen LogP contribution is 2.28. The Morgan fingerprint density at radius 2 is 1.72 bits per heavy atom. The lowest BCUT2D eigenvalue weighted by atomic mass is 9.90. The number of cyclic esters (lactones) is 2. The zero-order chi connectivity index (χ0) is 39.3. The number of hydrogen-bond acceptors (Lipinski definition) is 11. The highest BCUT2D eigenvalue weighted by Gasteiger charge is 2.37. The Bertz CT molecular complexity index is 1610. The van der Waals surface area contributed by atoms with Crippen LogP contribution in [-0.4, -0.2) is 79.4 Å². The number of carbonyl (C=O) groups is 5. The predicted octanol–water partition coefficient (Wildman–Crippen LogP) is 3.90. The van der Waals surface area contributed by atoms with Crippen LogP contribution in [0.1, 0.15) is 76.5 Å². The van der Waals surface area contributed by atoms with E-state index in [0.29, 0.717) is 16.3 Å². The van der Waals surface area contributed by atoms with Gasteiger partial charge in [0.05, 0.1) is 30.2 Å². The molecular formula is C39H52ClN3O10. The van der Waals surface area contributed by atoms with Gasteiger partial charge in [0, 0.05) is 31.7 Å². The third-order valence-electron chi connectivity index (χ3n) is 8.85. The molecule has 0 saturated heterocycles. The number of aliphatic hydroxyl groups excluding tert-OH is 1.